The third-order valence-electron chi connectivity index (χ3n) is 4.61. The minimum absolute atomic E-state index is 0.238. The number of rotatable bonds is 9. The minimum Gasteiger partial charge on any atom is -0.491 e. The standard InChI is InChI=1S/C21H26N2O5S/c1-2-27-14-15-28-19-7-5-6-17(16-19)21(24)22-18-8-10-20(11-9-18)29(25,26)23-12-3-4-13-23/h5-11,16H,2-4,12-15H2,1H3,(H,22,24). The van der Waals surface area contributed by atoms with Crippen molar-refractivity contribution in [3.8, 4) is 5.75 Å². The van der Waals surface area contributed by atoms with Gasteiger partial charge in [-0.25, -0.2) is 8.42 Å². The molecule has 1 N–H and O–H groups in total. The predicted molar refractivity (Wildman–Crippen MR) is 111 cm³/mol. The van der Waals surface area contributed by atoms with Crippen LogP contribution in [-0.4, -0.2) is 51.5 Å². The quantitative estimate of drug-likeness (QED) is 0.633. The summed E-state index contributed by atoms with van der Waals surface area (Å²) in [7, 11) is -3.46. The highest BCUT2D eigenvalue weighted by Crippen LogP contribution is 2.22. The van der Waals surface area contributed by atoms with Crippen LogP contribution in [0, 0.1) is 0 Å². The molecular weight excluding hydrogens is 392 g/mol. The molecule has 1 saturated heterocycles. The molecule has 29 heavy (non-hydrogen) atoms. The first-order valence-electron chi connectivity index (χ1n) is 9.73. The lowest BCUT2D eigenvalue weighted by Gasteiger charge is -2.15. The number of nitrogens with one attached hydrogen (secondary N) is 1. The van der Waals surface area contributed by atoms with Gasteiger partial charge in [-0.1, -0.05) is 6.07 Å². The maximum Gasteiger partial charge on any atom is 0.255 e. The first kappa shape index (κ1) is 21.3. The van der Waals surface area contributed by atoms with Crippen LogP contribution < -0.4 is 10.1 Å². The summed E-state index contributed by atoms with van der Waals surface area (Å²) in [4.78, 5) is 12.8. The van der Waals surface area contributed by atoms with Crippen LogP contribution in [0.2, 0.25) is 0 Å². The Balaban J connectivity index is 1.62. The fraction of sp³-hybridized carbons (Fsp3) is 0.381. The molecular formula is C21H26N2O5S. The highest BCUT2D eigenvalue weighted by atomic mass is 32.2. The molecule has 0 saturated carbocycles. The molecule has 3 rings (SSSR count). The molecule has 2 aromatic rings. The van der Waals surface area contributed by atoms with E-state index >= 15 is 0 Å². The van der Waals surface area contributed by atoms with Gasteiger partial charge in [0.25, 0.3) is 5.91 Å². The molecule has 156 valence electrons. The topological polar surface area (TPSA) is 84.9 Å². The number of anilines is 1. The van der Waals surface area contributed by atoms with Crippen LogP contribution in [-0.2, 0) is 14.8 Å². The van der Waals surface area contributed by atoms with Crippen LogP contribution in [0.25, 0.3) is 0 Å². The second kappa shape index (κ2) is 9.87. The molecule has 0 atom stereocenters. The number of benzene rings is 2. The lowest BCUT2D eigenvalue weighted by atomic mass is 10.2. The maximum absolute atomic E-state index is 12.6. The molecule has 7 nitrogen and oxygen atoms in total. The van der Waals surface area contributed by atoms with E-state index in [-0.39, 0.29) is 10.8 Å². The Hall–Kier alpha value is -2.42. The van der Waals surface area contributed by atoms with Gasteiger partial charge >= 0.3 is 0 Å². The first-order chi connectivity index (χ1) is 14.0. The molecule has 0 unspecified atom stereocenters. The van der Waals surface area contributed by atoms with Crippen molar-refractivity contribution in [2.24, 2.45) is 0 Å². The van der Waals surface area contributed by atoms with Gasteiger partial charge in [-0.15, -0.1) is 0 Å². The van der Waals surface area contributed by atoms with E-state index in [1.807, 2.05) is 6.92 Å². The molecule has 1 heterocycles. The molecule has 0 aliphatic carbocycles. The van der Waals surface area contributed by atoms with Crippen LogP contribution in [0.1, 0.15) is 30.1 Å². The molecule has 1 amide bonds. The number of carbonyl (C=O) groups is 1. The van der Waals surface area contributed by atoms with Gasteiger partial charge < -0.3 is 14.8 Å². The molecule has 2 aromatic carbocycles. The van der Waals surface area contributed by atoms with Gasteiger partial charge in [0.1, 0.15) is 12.4 Å². The van der Waals surface area contributed by atoms with Crippen LogP contribution in [0.3, 0.4) is 0 Å². The lowest BCUT2D eigenvalue weighted by molar-refractivity contribution is 0.102. The summed E-state index contributed by atoms with van der Waals surface area (Å²) in [5.41, 5.74) is 0.978. The fourth-order valence-electron chi connectivity index (χ4n) is 3.08. The third kappa shape index (κ3) is 5.56. The highest BCUT2D eigenvalue weighted by Gasteiger charge is 2.26. The number of nitrogens with zero attached hydrogens (tertiary/aromatic N) is 1. The molecule has 1 aliphatic rings. The van der Waals surface area contributed by atoms with Crippen molar-refractivity contribution in [1.82, 2.24) is 4.31 Å². The van der Waals surface area contributed by atoms with E-state index in [2.05, 4.69) is 5.32 Å². The Kier molecular flexibility index (Phi) is 7.24. The minimum atomic E-state index is -3.46. The van der Waals surface area contributed by atoms with E-state index in [0.29, 0.717) is 49.9 Å². The molecule has 1 aliphatic heterocycles. The zero-order valence-corrected chi connectivity index (χ0v) is 17.3. The van der Waals surface area contributed by atoms with Gasteiger partial charge in [-0.05, 0) is 62.2 Å². The largest absolute Gasteiger partial charge is 0.491 e. The molecule has 0 spiro atoms. The fourth-order valence-corrected chi connectivity index (χ4v) is 4.60. The van der Waals surface area contributed by atoms with Gasteiger partial charge in [-0.2, -0.15) is 4.31 Å². The zero-order chi connectivity index (χ0) is 20.7. The summed E-state index contributed by atoms with van der Waals surface area (Å²) in [5, 5.41) is 2.78. The Morgan fingerprint density at radius 1 is 1.07 bits per heavy atom. The molecule has 0 radical (unpaired) electrons. The van der Waals surface area contributed by atoms with E-state index in [4.69, 9.17) is 9.47 Å². The first-order valence-corrected chi connectivity index (χ1v) is 11.2. The summed E-state index contributed by atoms with van der Waals surface area (Å²) in [6.45, 7) is 4.56. The van der Waals surface area contributed by atoms with E-state index in [0.717, 1.165) is 12.8 Å². The third-order valence-corrected chi connectivity index (χ3v) is 6.52. The number of amides is 1. The number of carbonyl (C=O) groups excluding carboxylic acids is 1. The molecule has 0 aromatic heterocycles. The Labute approximate surface area is 171 Å². The van der Waals surface area contributed by atoms with E-state index in [1.54, 1.807) is 36.4 Å². The van der Waals surface area contributed by atoms with Gasteiger partial charge in [0.2, 0.25) is 10.0 Å². The van der Waals surface area contributed by atoms with Crippen molar-refractivity contribution in [1.29, 1.82) is 0 Å². The van der Waals surface area contributed by atoms with Crippen LogP contribution in [0.5, 0.6) is 5.75 Å². The van der Waals surface area contributed by atoms with Crippen molar-refractivity contribution < 1.29 is 22.7 Å². The van der Waals surface area contributed by atoms with E-state index in [9.17, 15) is 13.2 Å². The van der Waals surface area contributed by atoms with Crippen LogP contribution in [0.15, 0.2) is 53.4 Å². The van der Waals surface area contributed by atoms with Crippen molar-refractivity contribution in [3.05, 3.63) is 54.1 Å². The summed E-state index contributed by atoms with van der Waals surface area (Å²) < 4.78 is 37.4. The highest BCUT2D eigenvalue weighted by molar-refractivity contribution is 7.89. The van der Waals surface area contributed by atoms with Crippen molar-refractivity contribution in [2.45, 2.75) is 24.7 Å². The summed E-state index contributed by atoms with van der Waals surface area (Å²) >= 11 is 0. The number of hydrogen-bond acceptors (Lipinski definition) is 5. The Bertz CT molecular complexity index is 922. The smallest absolute Gasteiger partial charge is 0.255 e. The van der Waals surface area contributed by atoms with Crippen LogP contribution >= 0.6 is 0 Å². The monoisotopic (exact) mass is 418 g/mol. The van der Waals surface area contributed by atoms with Gasteiger partial charge in [0.05, 0.1) is 11.5 Å². The summed E-state index contributed by atoms with van der Waals surface area (Å²) in [6.07, 6.45) is 1.78. The second-order valence-electron chi connectivity index (χ2n) is 6.66. The SMILES string of the molecule is CCOCCOc1cccc(C(=O)Nc2ccc(S(=O)(=O)N3CCCC3)cc2)c1. The average Bonchev–Trinajstić information content (AvgIpc) is 3.28. The van der Waals surface area contributed by atoms with Crippen LogP contribution in [0.4, 0.5) is 5.69 Å². The summed E-state index contributed by atoms with van der Waals surface area (Å²) in [5.74, 6) is 0.291. The molecule has 0 bridgehead atoms. The van der Waals surface area contributed by atoms with Crippen molar-refractivity contribution in [2.75, 3.05) is 38.2 Å². The lowest BCUT2D eigenvalue weighted by Crippen LogP contribution is -2.27. The molecule has 1 fully saturated rings. The average molecular weight is 419 g/mol. The number of sulfonamides is 1. The summed E-state index contributed by atoms with van der Waals surface area (Å²) in [6, 6.07) is 13.1. The van der Waals surface area contributed by atoms with E-state index in [1.165, 1.54) is 16.4 Å². The predicted octanol–water partition coefficient (Wildman–Crippen LogP) is 3.14. The second-order valence-corrected chi connectivity index (χ2v) is 8.60. The van der Waals surface area contributed by atoms with Gasteiger partial charge in [-0.3, -0.25) is 4.79 Å². The maximum atomic E-state index is 12.6. The number of hydrogen-bond donors (Lipinski definition) is 1. The van der Waals surface area contributed by atoms with Crippen molar-refractivity contribution >= 4 is 21.6 Å². The zero-order valence-electron chi connectivity index (χ0n) is 16.5. The Morgan fingerprint density at radius 2 is 1.79 bits per heavy atom. The van der Waals surface area contributed by atoms with E-state index < -0.39 is 10.0 Å². The number of ether oxygens (including phenoxy) is 2. The van der Waals surface area contributed by atoms with Crippen molar-refractivity contribution in [3.63, 3.8) is 0 Å². The van der Waals surface area contributed by atoms with Gasteiger partial charge in [0.15, 0.2) is 0 Å². The molecule has 8 heteroatoms. The van der Waals surface area contributed by atoms with Gasteiger partial charge in [0, 0.05) is 30.9 Å². The normalized spacial score (nSPS) is 14.7. The Morgan fingerprint density at radius 3 is 2.48 bits per heavy atom.